The summed E-state index contributed by atoms with van der Waals surface area (Å²) in [6.07, 6.45) is 10.7. The van der Waals surface area contributed by atoms with E-state index in [9.17, 15) is 4.79 Å². The van der Waals surface area contributed by atoms with Crippen LogP contribution in [-0.2, 0) is 15.1 Å². The highest BCUT2D eigenvalue weighted by Crippen LogP contribution is 2.50. The Kier molecular flexibility index (Phi) is 4.75. The normalized spacial score (nSPS) is 26.6. The average molecular weight is 436 g/mol. The van der Waals surface area contributed by atoms with Gasteiger partial charge in [-0.05, 0) is 49.9 Å². The van der Waals surface area contributed by atoms with Crippen LogP contribution < -0.4 is 10.1 Å². The van der Waals surface area contributed by atoms with Gasteiger partial charge in [0.1, 0.15) is 11.3 Å². The third kappa shape index (κ3) is 3.14. The lowest BCUT2D eigenvalue weighted by molar-refractivity contribution is -0.141. The number of ether oxygens (including phenoxy) is 2. The van der Waals surface area contributed by atoms with E-state index in [2.05, 4.69) is 45.2 Å². The molecular formula is C26H33N3O3. The standard InChI is InChI=1S/C26H33N3O3/c1-31-20-9-10-22-21(16-20)27-26(23-8-5-13-29(22)23)17-25(32-18-26)11-14-28(15-12-25)24(30)19-6-3-2-4-7-19/h5,8-10,13,16,19,27H,2-4,6-7,11-12,14-15,17-18H2,1H3. The molecular weight excluding hydrogens is 402 g/mol. The van der Waals surface area contributed by atoms with Crippen LogP contribution in [0.4, 0.5) is 5.69 Å². The van der Waals surface area contributed by atoms with Crippen molar-refractivity contribution in [2.24, 2.45) is 5.92 Å². The summed E-state index contributed by atoms with van der Waals surface area (Å²) in [7, 11) is 1.71. The van der Waals surface area contributed by atoms with Crippen molar-refractivity contribution in [2.45, 2.75) is 62.5 Å². The zero-order chi connectivity index (χ0) is 21.8. The Morgan fingerprint density at radius 3 is 2.75 bits per heavy atom. The molecule has 1 unspecified atom stereocenters. The summed E-state index contributed by atoms with van der Waals surface area (Å²) in [5.74, 6) is 1.49. The number of likely N-dealkylation sites (tertiary alicyclic amines) is 1. The molecule has 6 heteroatoms. The molecule has 6 rings (SSSR count). The lowest BCUT2D eigenvalue weighted by Crippen LogP contribution is -2.49. The van der Waals surface area contributed by atoms with Crippen LogP contribution in [0, 0.1) is 5.92 Å². The fourth-order valence-electron chi connectivity index (χ4n) is 6.49. The van der Waals surface area contributed by atoms with Crippen LogP contribution in [0.25, 0.3) is 5.69 Å². The number of benzene rings is 1. The predicted octanol–water partition coefficient (Wildman–Crippen LogP) is 4.47. The SMILES string of the molecule is COc1ccc2c(c1)NC1(COC3(CCN(C(=O)C4CCCCC4)CC3)C1)c1cccn1-2. The number of nitrogens with zero attached hydrogens (tertiary/aromatic N) is 2. The second kappa shape index (κ2) is 7.55. The molecule has 0 radical (unpaired) electrons. The molecule has 1 aliphatic carbocycles. The molecule has 1 N–H and O–H groups in total. The first kappa shape index (κ1) is 20.2. The van der Waals surface area contributed by atoms with Crippen molar-refractivity contribution in [1.82, 2.24) is 9.47 Å². The van der Waals surface area contributed by atoms with Crippen molar-refractivity contribution in [2.75, 3.05) is 32.1 Å². The number of carbonyl (C=O) groups excluding carboxylic acids is 1. The number of nitrogens with one attached hydrogen (secondary N) is 1. The van der Waals surface area contributed by atoms with Gasteiger partial charge in [0.25, 0.3) is 0 Å². The van der Waals surface area contributed by atoms with Gasteiger partial charge in [-0.25, -0.2) is 0 Å². The molecule has 2 spiro atoms. The van der Waals surface area contributed by atoms with Crippen LogP contribution in [-0.4, -0.2) is 47.8 Å². The summed E-state index contributed by atoms with van der Waals surface area (Å²) >= 11 is 0. The molecule has 4 heterocycles. The third-order valence-corrected chi connectivity index (χ3v) is 8.27. The third-order valence-electron chi connectivity index (χ3n) is 8.27. The van der Waals surface area contributed by atoms with Crippen LogP contribution in [0.2, 0.25) is 0 Å². The number of rotatable bonds is 2. The average Bonchev–Trinajstić information content (AvgIpc) is 3.46. The number of hydrogen-bond donors (Lipinski definition) is 1. The van der Waals surface area contributed by atoms with Gasteiger partial charge in [0.2, 0.25) is 5.91 Å². The van der Waals surface area contributed by atoms with Gasteiger partial charge in [-0.2, -0.15) is 0 Å². The number of methoxy groups -OCH3 is 1. The Labute approximate surface area is 189 Å². The lowest BCUT2D eigenvalue weighted by Gasteiger charge is -2.42. The number of amides is 1. The summed E-state index contributed by atoms with van der Waals surface area (Å²) in [5.41, 5.74) is 3.07. The second-order valence-corrected chi connectivity index (χ2v) is 10.2. The van der Waals surface area contributed by atoms with Gasteiger partial charge in [-0.3, -0.25) is 4.79 Å². The number of fused-ring (bicyclic) bond motifs is 4. The van der Waals surface area contributed by atoms with E-state index in [1.54, 1.807) is 7.11 Å². The summed E-state index contributed by atoms with van der Waals surface area (Å²) in [4.78, 5) is 15.2. The fraction of sp³-hybridized carbons (Fsp3) is 0.577. The molecule has 1 aromatic heterocycles. The smallest absolute Gasteiger partial charge is 0.225 e. The number of hydrogen-bond acceptors (Lipinski definition) is 4. The van der Waals surface area contributed by atoms with Crippen LogP contribution in [0.15, 0.2) is 36.5 Å². The van der Waals surface area contributed by atoms with Gasteiger partial charge in [0, 0.05) is 37.7 Å². The van der Waals surface area contributed by atoms with Crippen LogP contribution >= 0.6 is 0 Å². The minimum atomic E-state index is -0.252. The van der Waals surface area contributed by atoms with E-state index in [0.717, 1.165) is 62.3 Å². The van der Waals surface area contributed by atoms with Gasteiger partial charge < -0.3 is 24.3 Å². The van der Waals surface area contributed by atoms with E-state index in [0.29, 0.717) is 12.5 Å². The highest BCUT2D eigenvalue weighted by atomic mass is 16.5. The minimum absolute atomic E-state index is 0.165. The van der Waals surface area contributed by atoms with Crippen molar-refractivity contribution >= 4 is 11.6 Å². The van der Waals surface area contributed by atoms with Crippen LogP contribution in [0.3, 0.4) is 0 Å². The first-order valence-corrected chi connectivity index (χ1v) is 12.2. The summed E-state index contributed by atoms with van der Waals surface area (Å²) in [6.45, 7) is 2.28. The van der Waals surface area contributed by atoms with Gasteiger partial charge in [0.15, 0.2) is 0 Å². The molecule has 32 heavy (non-hydrogen) atoms. The first-order chi connectivity index (χ1) is 15.6. The van der Waals surface area contributed by atoms with Gasteiger partial charge in [-0.15, -0.1) is 0 Å². The van der Waals surface area contributed by atoms with Gasteiger partial charge in [0.05, 0.1) is 36.4 Å². The topological polar surface area (TPSA) is 55.7 Å². The maximum atomic E-state index is 13.0. The molecule has 6 nitrogen and oxygen atoms in total. The molecule has 3 aliphatic heterocycles. The highest BCUT2D eigenvalue weighted by molar-refractivity contribution is 5.79. The molecule has 1 atom stereocenters. The van der Waals surface area contributed by atoms with E-state index < -0.39 is 0 Å². The molecule has 1 amide bonds. The number of aromatic nitrogens is 1. The summed E-state index contributed by atoms with van der Waals surface area (Å²) in [5, 5.41) is 3.84. The Bertz CT molecular complexity index is 1020. The van der Waals surface area contributed by atoms with Crippen molar-refractivity contribution < 1.29 is 14.3 Å². The monoisotopic (exact) mass is 435 g/mol. The number of carbonyl (C=O) groups is 1. The maximum Gasteiger partial charge on any atom is 0.225 e. The zero-order valence-corrected chi connectivity index (χ0v) is 18.9. The molecule has 2 aromatic rings. The van der Waals surface area contributed by atoms with E-state index in [4.69, 9.17) is 9.47 Å². The zero-order valence-electron chi connectivity index (χ0n) is 18.9. The maximum absolute atomic E-state index is 13.0. The molecule has 4 aliphatic rings. The van der Waals surface area contributed by atoms with Crippen LogP contribution in [0.1, 0.15) is 57.1 Å². The predicted molar refractivity (Wildman–Crippen MR) is 123 cm³/mol. The summed E-state index contributed by atoms with van der Waals surface area (Å²) in [6, 6.07) is 10.5. The van der Waals surface area contributed by atoms with Crippen molar-refractivity contribution in [3.05, 3.63) is 42.2 Å². The Morgan fingerprint density at radius 1 is 1.16 bits per heavy atom. The van der Waals surface area contributed by atoms with Crippen molar-refractivity contribution in [1.29, 1.82) is 0 Å². The van der Waals surface area contributed by atoms with Gasteiger partial charge in [-0.1, -0.05) is 19.3 Å². The Morgan fingerprint density at radius 2 is 1.97 bits per heavy atom. The van der Waals surface area contributed by atoms with E-state index in [1.165, 1.54) is 25.0 Å². The first-order valence-electron chi connectivity index (χ1n) is 12.2. The minimum Gasteiger partial charge on any atom is -0.497 e. The Balaban J connectivity index is 1.21. The quantitative estimate of drug-likeness (QED) is 0.756. The number of anilines is 1. The van der Waals surface area contributed by atoms with Crippen LogP contribution in [0.5, 0.6) is 5.75 Å². The largest absolute Gasteiger partial charge is 0.497 e. The highest BCUT2D eigenvalue weighted by Gasteiger charge is 2.54. The van der Waals surface area contributed by atoms with E-state index >= 15 is 0 Å². The van der Waals surface area contributed by atoms with Crippen molar-refractivity contribution in [3.63, 3.8) is 0 Å². The molecule has 0 bridgehead atoms. The molecule has 1 aromatic carbocycles. The lowest BCUT2D eigenvalue weighted by atomic mass is 9.79. The van der Waals surface area contributed by atoms with E-state index in [-0.39, 0.29) is 17.1 Å². The molecule has 3 fully saturated rings. The number of piperidine rings is 1. The summed E-state index contributed by atoms with van der Waals surface area (Å²) < 4.78 is 14.4. The Hall–Kier alpha value is -2.47. The van der Waals surface area contributed by atoms with Gasteiger partial charge >= 0.3 is 0 Å². The fourth-order valence-corrected chi connectivity index (χ4v) is 6.49. The molecule has 170 valence electrons. The molecule has 2 saturated heterocycles. The van der Waals surface area contributed by atoms with Crippen molar-refractivity contribution in [3.8, 4) is 11.4 Å². The molecule has 1 saturated carbocycles. The second-order valence-electron chi connectivity index (χ2n) is 10.2. The van der Waals surface area contributed by atoms with E-state index in [1.807, 2.05) is 6.07 Å².